The highest BCUT2D eigenvalue weighted by molar-refractivity contribution is 14.0. The highest BCUT2D eigenvalue weighted by Crippen LogP contribution is 2.25. The van der Waals surface area contributed by atoms with E-state index >= 15 is 0 Å². The Kier molecular flexibility index (Phi) is 9.30. The number of nitrogens with one attached hydrogen (secondary N) is 2. The zero-order valence-electron chi connectivity index (χ0n) is 16.6. The van der Waals surface area contributed by atoms with Crippen molar-refractivity contribution in [1.29, 1.82) is 0 Å². The number of likely N-dealkylation sites (tertiary alicyclic amines) is 1. The van der Waals surface area contributed by atoms with Gasteiger partial charge in [0.05, 0.1) is 13.2 Å². The van der Waals surface area contributed by atoms with Gasteiger partial charge in [0.2, 0.25) is 5.91 Å². The summed E-state index contributed by atoms with van der Waals surface area (Å²) in [5, 5.41) is 6.87. The average molecular weight is 501 g/mol. The third-order valence-corrected chi connectivity index (χ3v) is 5.08. The summed E-state index contributed by atoms with van der Waals surface area (Å²) in [7, 11) is 0. The number of rotatable bonds is 7. The second-order valence-corrected chi connectivity index (χ2v) is 7.21. The lowest BCUT2D eigenvalue weighted by molar-refractivity contribution is -0.119. The van der Waals surface area contributed by atoms with Gasteiger partial charge in [-0.25, -0.2) is 0 Å². The third kappa shape index (κ3) is 6.80. The van der Waals surface area contributed by atoms with Crippen LogP contribution < -0.4 is 21.1 Å². The van der Waals surface area contributed by atoms with Crippen LogP contribution in [0.1, 0.15) is 30.9 Å². The monoisotopic (exact) mass is 501 g/mol. The van der Waals surface area contributed by atoms with Gasteiger partial charge in [-0.1, -0.05) is 12.1 Å². The molecule has 0 unspecified atom stereocenters. The standard InChI is InChI=1S/C20H31N5O2.HI/c1-2-22-20(24-17-6-10-25(11-7-17)14-19(21)26)23-9-5-15-3-4-18-16(13-15)8-12-27-18;/h3-4,13,17H,2,5-12,14H2,1H3,(H2,21,26)(H2,22,23,24);1H. The number of carbonyl (C=O) groups excluding carboxylic acids is 1. The number of nitrogens with zero attached hydrogens (tertiary/aromatic N) is 2. The van der Waals surface area contributed by atoms with E-state index in [-0.39, 0.29) is 29.9 Å². The van der Waals surface area contributed by atoms with E-state index < -0.39 is 0 Å². The highest BCUT2D eigenvalue weighted by Gasteiger charge is 2.20. The summed E-state index contributed by atoms with van der Waals surface area (Å²) in [4.78, 5) is 17.9. The lowest BCUT2D eigenvalue weighted by atomic mass is 10.1. The quantitative estimate of drug-likeness (QED) is 0.298. The van der Waals surface area contributed by atoms with Crippen molar-refractivity contribution in [3.05, 3.63) is 29.3 Å². The lowest BCUT2D eigenvalue weighted by Crippen LogP contribution is -2.49. The normalized spacial score (nSPS) is 17.4. The fourth-order valence-corrected chi connectivity index (χ4v) is 3.66. The summed E-state index contributed by atoms with van der Waals surface area (Å²) in [6, 6.07) is 6.83. The predicted molar refractivity (Wildman–Crippen MR) is 123 cm³/mol. The molecule has 0 aromatic heterocycles. The van der Waals surface area contributed by atoms with E-state index in [1.165, 1.54) is 11.1 Å². The molecule has 0 radical (unpaired) electrons. The van der Waals surface area contributed by atoms with E-state index in [1.807, 2.05) is 0 Å². The van der Waals surface area contributed by atoms with Crippen molar-refractivity contribution in [3.63, 3.8) is 0 Å². The molecule has 0 spiro atoms. The van der Waals surface area contributed by atoms with Gasteiger partial charge in [-0.3, -0.25) is 14.7 Å². The number of hydrogen-bond acceptors (Lipinski definition) is 4. The van der Waals surface area contributed by atoms with Crippen molar-refractivity contribution >= 4 is 35.8 Å². The summed E-state index contributed by atoms with van der Waals surface area (Å²) >= 11 is 0. The van der Waals surface area contributed by atoms with Gasteiger partial charge in [-0.05, 0) is 43.4 Å². The van der Waals surface area contributed by atoms with E-state index in [0.717, 1.165) is 70.2 Å². The summed E-state index contributed by atoms with van der Waals surface area (Å²) in [6.07, 6.45) is 3.90. The molecule has 8 heteroatoms. The summed E-state index contributed by atoms with van der Waals surface area (Å²) in [5.74, 6) is 1.64. The second-order valence-electron chi connectivity index (χ2n) is 7.21. The molecule has 2 aliphatic heterocycles. The van der Waals surface area contributed by atoms with Crippen LogP contribution in [-0.4, -0.2) is 62.1 Å². The van der Waals surface area contributed by atoms with Crippen LogP contribution in [0.5, 0.6) is 5.75 Å². The maximum Gasteiger partial charge on any atom is 0.231 e. The van der Waals surface area contributed by atoms with Crippen molar-refractivity contribution < 1.29 is 9.53 Å². The zero-order chi connectivity index (χ0) is 19.1. The first-order valence-electron chi connectivity index (χ1n) is 9.94. The fourth-order valence-electron chi connectivity index (χ4n) is 3.66. The van der Waals surface area contributed by atoms with Crippen molar-refractivity contribution in [1.82, 2.24) is 15.5 Å². The van der Waals surface area contributed by atoms with E-state index in [1.54, 1.807) is 0 Å². The first kappa shape index (κ1) is 22.7. The van der Waals surface area contributed by atoms with Crippen molar-refractivity contribution in [2.24, 2.45) is 10.7 Å². The maximum atomic E-state index is 11.0. The van der Waals surface area contributed by atoms with E-state index in [0.29, 0.717) is 12.6 Å². The molecule has 156 valence electrons. The third-order valence-electron chi connectivity index (χ3n) is 5.08. The molecule has 7 nitrogen and oxygen atoms in total. The minimum absolute atomic E-state index is 0. The molecule has 4 N–H and O–H groups in total. The van der Waals surface area contributed by atoms with E-state index in [4.69, 9.17) is 15.5 Å². The topological polar surface area (TPSA) is 92.0 Å². The van der Waals surface area contributed by atoms with Crippen molar-refractivity contribution in [2.75, 3.05) is 39.3 Å². The van der Waals surface area contributed by atoms with Gasteiger partial charge in [-0.15, -0.1) is 24.0 Å². The first-order chi connectivity index (χ1) is 13.1. The van der Waals surface area contributed by atoms with Crippen LogP contribution in [-0.2, 0) is 17.6 Å². The zero-order valence-corrected chi connectivity index (χ0v) is 18.9. The van der Waals surface area contributed by atoms with Gasteiger partial charge >= 0.3 is 0 Å². The van der Waals surface area contributed by atoms with Crippen LogP contribution in [0.4, 0.5) is 0 Å². The van der Waals surface area contributed by atoms with Gasteiger partial charge in [0.15, 0.2) is 5.96 Å². The number of fused-ring (bicyclic) bond motifs is 1. The molecular weight excluding hydrogens is 469 g/mol. The number of primary amides is 1. The molecule has 1 aromatic carbocycles. The van der Waals surface area contributed by atoms with Crippen LogP contribution in [0.25, 0.3) is 0 Å². The molecule has 3 rings (SSSR count). The molecule has 2 heterocycles. The molecular formula is C20H32IN5O2. The lowest BCUT2D eigenvalue weighted by Gasteiger charge is -2.32. The van der Waals surface area contributed by atoms with Gasteiger partial charge in [0, 0.05) is 38.6 Å². The van der Waals surface area contributed by atoms with E-state index in [9.17, 15) is 4.79 Å². The summed E-state index contributed by atoms with van der Waals surface area (Å²) in [5.41, 5.74) is 7.89. The number of aliphatic imine (C=N–C) groups is 1. The molecule has 1 aromatic rings. The number of guanidine groups is 1. The Bertz CT molecular complexity index is 675. The van der Waals surface area contributed by atoms with Crippen molar-refractivity contribution in [3.8, 4) is 5.75 Å². The average Bonchev–Trinajstić information content (AvgIpc) is 3.11. The number of ether oxygens (including phenoxy) is 1. The molecule has 2 aliphatic rings. The smallest absolute Gasteiger partial charge is 0.231 e. The maximum absolute atomic E-state index is 11.0. The molecule has 0 bridgehead atoms. The SMILES string of the molecule is CCNC(=NCCc1ccc2c(c1)CCO2)NC1CCN(CC(N)=O)CC1.I. The number of piperidine rings is 1. The van der Waals surface area contributed by atoms with Gasteiger partial charge in [0.25, 0.3) is 0 Å². The van der Waals surface area contributed by atoms with Crippen LogP contribution in [0.3, 0.4) is 0 Å². The molecule has 1 fully saturated rings. The molecule has 0 saturated carbocycles. The molecule has 1 amide bonds. The number of carbonyl (C=O) groups is 1. The van der Waals surface area contributed by atoms with Gasteiger partial charge in [0.1, 0.15) is 5.75 Å². The highest BCUT2D eigenvalue weighted by atomic mass is 127. The van der Waals surface area contributed by atoms with Crippen molar-refractivity contribution in [2.45, 2.75) is 38.6 Å². The minimum Gasteiger partial charge on any atom is -0.493 e. The first-order valence-corrected chi connectivity index (χ1v) is 9.94. The van der Waals surface area contributed by atoms with Gasteiger partial charge < -0.3 is 21.1 Å². The Morgan fingerprint density at radius 2 is 2.14 bits per heavy atom. The Morgan fingerprint density at radius 1 is 1.36 bits per heavy atom. The van der Waals surface area contributed by atoms with Crippen LogP contribution in [0.2, 0.25) is 0 Å². The van der Waals surface area contributed by atoms with Gasteiger partial charge in [-0.2, -0.15) is 0 Å². The van der Waals surface area contributed by atoms with Crippen LogP contribution in [0.15, 0.2) is 23.2 Å². The number of amides is 1. The number of benzene rings is 1. The van der Waals surface area contributed by atoms with Crippen LogP contribution in [0, 0.1) is 0 Å². The number of halogens is 1. The number of hydrogen-bond donors (Lipinski definition) is 3. The largest absolute Gasteiger partial charge is 0.493 e. The Labute approximate surface area is 184 Å². The molecule has 0 atom stereocenters. The molecule has 0 aliphatic carbocycles. The minimum atomic E-state index is -0.255. The number of nitrogens with two attached hydrogens (primary N) is 1. The van der Waals surface area contributed by atoms with E-state index in [2.05, 4.69) is 40.7 Å². The molecule has 1 saturated heterocycles. The Balaban J connectivity index is 0.00000280. The predicted octanol–water partition coefficient (Wildman–Crippen LogP) is 1.29. The second kappa shape index (κ2) is 11.5. The summed E-state index contributed by atoms with van der Waals surface area (Å²) in [6.45, 7) is 6.58. The van der Waals surface area contributed by atoms with Crippen LogP contribution >= 0.6 is 24.0 Å². The Morgan fingerprint density at radius 3 is 2.86 bits per heavy atom. The Hall–Kier alpha value is -1.55. The summed E-state index contributed by atoms with van der Waals surface area (Å²) < 4.78 is 5.56. The molecule has 28 heavy (non-hydrogen) atoms. The fraction of sp³-hybridized carbons (Fsp3) is 0.600.